The largest absolute Gasteiger partial charge is 0.573 e. The van der Waals surface area contributed by atoms with E-state index < -0.39 is 29.7 Å². The molecule has 0 heterocycles. The number of anilines is 2. The lowest BCUT2D eigenvalue weighted by molar-refractivity contribution is -0.274. The third-order valence-corrected chi connectivity index (χ3v) is 3.07. The number of nitrogens with one attached hydrogen (secondary N) is 1. The van der Waals surface area contributed by atoms with Crippen molar-refractivity contribution in [3.05, 3.63) is 53.6 Å². The predicted molar refractivity (Wildman–Crippen MR) is 81.8 cm³/mol. The number of carbonyl (C=O) groups is 1. The van der Waals surface area contributed by atoms with E-state index in [1.165, 1.54) is 19.0 Å². The van der Waals surface area contributed by atoms with Gasteiger partial charge in [-0.3, -0.25) is 4.79 Å². The number of amides is 1. The molecule has 0 fully saturated rings. The maximum Gasteiger partial charge on any atom is 0.573 e. The minimum Gasteiger partial charge on any atom is -0.406 e. The molecule has 0 saturated carbocycles. The van der Waals surface area contributed by atoms with Gasteiger partial charge in [-0.05, 0) is 36.4 Å². The summed E-state index contributed by atoms with van der Waals surface area (Å²) in [5.74, 6) is -2.96. The van der Waals surface area contributed by atoms with Crippen molar-refractivity contribution < 1.29 is 31.5 Å². The lowest BCUT2D eigenvalue weighted by atomic mass is 10.2. The van der Waals surface area contributed by atoms with Crippen molar-refractivity contribution in [2.75, 3.05) is 24.3 Å². The van der Waals surface area contributed by atoms with Crippen LogP contribution in [0.2, 0.25) is 0 Å². The van der Waals surface area contributed by atoms with E-state index in [-0.39, 0.29) is 16.9 Å². The summed E-state index contributed by atoms with van der Waals surface area (Å²) < 4.78 is 67.7. The molecule has 9 heteroatoms. The van der Waals surface area contributed by atoms with Gasteiger partial charge in [-0.2, -0.15) is 0 Å². The molecule has 0 saturated heterocycles. The molecule has 25 heavy (non-hydrogen) atoms. The first-order valence-corrected chi connectivity index (χ1v) is 6.90. The Kier molecular flexibility index (Phi) is 5.15. The monoisotopic (exact) mass is 360 g/mol. The summed E-state index contributed by atoms with van der Waals surface area (Å²) in [6.07, 6.45) is -4.84. The van der Waals surface area contributed by atoms with E-state index in [4.69, 9.17) is 0 Å². The van der Waals surface area contributed by atoms with Crippen LogP contribution in [0, 0.1) is 11.6 Å². The van der Waals surface area contributed by atoms with Crippen molar-refractivity contribution in [3.8, 4) is 5.75 Å². The van der Waals surface area contributed by atoms with E-state index >= 15 is 0 Å². The molecular weight excluding hydrogens is 347 g/mol. The second kappa shape index (κ2) is 6.96. The van der Waals surface area contributed by atoms with E-state index in [1.54, 1.807) is 0 Å². The van der Waals surface area contributed by atoms with Crippen LogP contribution in [0.3, 0.4) is 0 Å². The van der Waals surface area contributed by atoms with Crippen molar-refractivity contribution in [1.82, 2.24) is 0 Å². The minimum atomic E-state index is -4.84. The zero-order valence-electron chi connectivity index (χ0n) is 13.1. The summed E-state index contributed by atoms with van der Waals surface area (Å²) >= 11 is 0. The molecule has 0 atom stereocenters. The second-order valence-corrected chi connectivity index (χ2v) is 5.21. The molecule has 0 aromatic heterocycles. The number of rotatable bonds is 4. The molecule has 2 aromatic rings. The number of nitrogens with zero attached hydrogens (tertiary/aromatic N) is 1. The Balaban J connectivity index is 2.14. The van der Waals surface area contributed by atoms with Crippen molar-refractivity contribution in [1.29, 1.82) is 0 Å². The fraction of sp³-hybridized carbons (Fsp3) is 0.188. The van der Waals surface area contributed by atoms with Gasteiger partial charge in [0, 0.05) is 25.3 Å². The summed E-state index contributed by atoms with van der Waals surface area (Å²) in [6, 6.07) is 5.99. The standard InChI is InChI=1S/C16H13F5N2O2/c1-23(2)14-12(17)7-10(8-13(14)18)22-15(24)9-3-5-11(6-4-9)25-16(19,20)21/h3-8H,1-2H3,(H,22,24). The number of benzene rings is 2. The van der Waals surface area contributed by atoms with Gasteiger partial charge in [0.15, 0.2) is 11.6 Å². The fourth-order valence-electron chi connectivity index (χ4n) is 2.08. The van der Waals surface area contributed by atoms with Gasteiger partial charge < -0.3 is 15.0 Å². The highest BCUT2D eigenvalue weighted by Gasteiger charge is 2.31. The third-order valence-electron chi connectivity index (χ3n) is 3.07. The van der Waals surface area contributed by atoms with Crippen LogP contribution in [0.5, 0.6) is 5.75 Å². The average molecular weight is 360 g/mol. The van der Waals surface area contributed by atoms with E-state index in [0.29, 0.717) is 0 Å². The lowest BCUT2D eigenvalue weighted by Gasteiger charge is -2.16. The number of hydrogen-bond donors (Lipinski definition) is 1. The van der Waals surface area contributed by atoms with Crippen LogP contribution in [0.25, 0.3) is 0 Å². The Morgan fingerprint density at radius 3 is 2.00 bits per heavy atom. The second-order valence-electron chi connectivity index (χ2n) is 5.21. The Morgan fingerprint density at radius 2 is 1.56 bits per heavy atom. The van der Waals surface area contributed by atoms with Crippen molar-refractivity contribution in [3.63, 3.8) is 0 Å². The topological polar surface area (TPSA) is 41.6 Å². The van der Waals surface area contributed by atoms with Crippen LogP contribution >= 0.6 is 0 Å². The van der Waals surface area contributed by atoms with Crippen LogP contribution in [-0.4, -0.2) is 26.4 Å². The van der Waals surface area contributed by atoms with Gasteiger partial charge >= 0.3 is 6.36 Å². The van der Waals surface area contributed by atoms with Gasteiger partial charge in [0.05, 0.1) is 0 Å². The molecule has 0 aliphatic rings. The number of alkyl halides is 3. The molecule has 2 rings (SSSR count). The van der Waals surface area contributed by atoms with Gasteiger partial charge in [0.25, 0.3) is 5.91 Å². The average Bonchev–Trinajstić information content (AvgIpc) is 2.44. The Hall–Kier alpha value is -2.84. The van der Waals surface area contributed by atoms with Crippen LogP contribution < -0.4 is 15.0 Å². The van der Waals surface area contributed by atoms with Gasteiger partial charge in [0.2, 0.25) is 0 Å². The van der Waals surface area contributed by atoms with Crippen LogP contribution in [0.1, 0.15) is 10.4 Å². The van der Waals surface area contributed by atoms with E-state index in [2.05, 4.69) is 10.1 Å². The number of hydrogen-bond acceptors (Lipinski definition) is 3. The summed E-state index contributed by atoms with van der Waals surface area (Å²) in [6.45, 7) is 0. The van der Waals surface area contributed by atoms with Gasteiger partial charge in [-0.25, -0.2) is 8.78 Å². The van der Waals surface area contributed by atoms with Gasteiger partial charge in [-0.15, -0.1) is 13.2 Å². The summed E-state index contributed by atoms with van der Waals surface area (Å²) in [5.41, 5.74) is -0.389. The number of ether oxygens (including phenoxy) is 1. The van der Waals surface area contributed by atoms with Crippen molar-refractivity contribution in [2.24, 2.45) is 0 Å². The molecule has 0 aliphatic heterocycles. The zero-order valence-corrected chi connectivity index (χ0v) is 13.1. The Labute approximate surface area is 139 Å². The highest BCUT2D eigenvalue weighted by atomic mass is 19.4. The van der Waals surface area contributed by atoms with Crippen molar-refractivity contribution >= 4 is 17.3 Å². The summed E-state index contributed by atoms with van der Waals surface area (Å²) in [7, 11) is 2.93. The summed E-state index contributed by atoms with van der Waals surface area (Å²) in [5, 5.41) is 2.27. The highest BCUT2D eigenvalue weighted by Crippen LogP contribution is 2.26. The fourth-order valence-corrected chi connectivity index (χ4v) is 2.08. The third kappa shape index (κ3) is 4.82. The highest BCUT2D eigenvalue weighted by molar-refractivity contribution is 6.04. The maximum absolute atomic E-state index is 13.9. The molecule has 0 bridgehead atoms. The minimum absolute atomic E-state index is 0.00738. The lowest BCUT2D eigenvalue weighted by Crippen LogP contribution is -2.17. The number of halogens is 5. The molecule has 0 aliphatic carbocycles. The van der Waals surface area contributed by atoms with Crippen molar-refractivity contribution in [2.45, 2.75) is 6.36 Å². The molecule has 0 unspecified atom stereocenters. The Morgan fingerprint density at radius 1 is 1.04 bits per heavy atom. The molecular formula is C16H13F5N2O2. The number of carbonyl (C=O) groups excluding carboxylic acids is 1. The van der Waals surface area contributed by atoms with Crippen LogP contribution in [0.15, 0.2) is 36.4 Å². The van der Waals surface area contributed by atoms with Gasteiger partial charge in [0.1, 0.15) is 11.4 Å². The van der Waals surface area contributed by atoms with E-state index in [1.807, 2.05) is 0 Å². The molecule has 0 spiro atoms. The Bertz CT molecular complexity index is 750. The first-order valence-electron chi connectivity index (χ1n) is 6.90. The zero-order chi connectivity index (χ0) is 18.8. The molecule has 4 nitrogen and oxygen atoms in total. The van der Waals surface area contributed by atoms with Gasteiger partial charge in [-0.1, -0.05) is 0 Å². The molecule has 1 N–H and O–H groups in total. The maximum atomic E-state index is 13.9. The molecule has 0 radical (unpaired) electrons. The van der Waals surface area contributed by atoms with E-state index in [9.17, 15) is 26.7 Å². The predicted octanol–water partition coefficient (Wildman–Crippen LogP) is 4.18. The normalized spacial score (nSPS) is 11.2. The molecule has 1 amide bonds. The molecule has 134 valence electrons. The first kappa shape index (κ1) is 18.5. The SMILES string of the molecule is CN(C)c1c(F)cc(NC(=O)c2ccc(OC(F)(F)F)cc2)cc1F. The first-order chi connectivity index (χ1) is 11.6. The van der Waals surface area contributed by atoms with E-state index in [0.717, 1.165) is 36.4 Å². The smallest absolute Gasteiger partial charge is 0.406 e. The van der Waals surface area contributed by atoms with Crippen LogP contribution in [0.4, 0.5) is 33.3 Å². The summed E-state index contributed by atoms with van der Waals surface area (Å²) in [4.78, 5) is 13.3. The molecule has 2 aromatic carbocycles. The van der Waals surface area contributed by atoms with Crippen LogP contribution in [-0.2, 0) is 0 Å². The quantitative estimate of drug-likeness (QED) is 0.832.